The predicted molar refractivity (Wildman–Crippen MR) is 91.3 cm³/mol. The minimum absolute atomic E-state index is 0.187. The summed E-state index contributed by atoms with van der Waals surface area (Å²) in [4.78, 5) is 19.9. The Morgan fingerprint density at radius 3 is 2.55 bits per heavy atom. The number of rotatable bonds is 5. The van der Waals surface area contributed by atoms with Gasteiger partial charge in [0.05, 0.1) is 10.7 Å². The molecular formula is C13H13Cl2N5OS. The van der Waals surface area contributed by atoms with Crippen LogP contribution in [0.1, 0.15) is 6.42 Å². The molecule has 1 heterocycles. The number of benzene rings is 1. The maximum absolute atomic E-state index is 11.9. The van der Waals surface area contributed by atoms with E-state index in [-0.39, 0.29) is 12.3 Å². The van der Waals surface area contributed by atoms with Crippen LogP contribution in [0.2, 0.25) is 10.0 Å². The number of hydrogen-bond donors (Lipinski definition) is 3. The van der Waals surface area contributed by atoms with E-state index in [1.54, 1.807) is 18.2 Å². The molecule has 0 fully saturated rings. The number of nitrogen functional groups attached to an aromatic ring is 2. The molecule has 1 amide bonds. The van der Waals surface area contributed by atoms with E-state index in [0.29, 0.717) is 38.3 Å². The zero-order chi connectivity index (χ0) is 16.1. The van der Waals surface area contributed by atoms with Crippen LogP contribution in [0.25, 0.3) is 0 Å². The van der Waals surface area contributed by atoms with Crippen molar-refractivity contribution in [3.8, 4) is 0 Å². The Morgan fingerprint density at radius 2 is 1.86 bits per heavy atom. The molecule has 2 rings (SSSR count). The quantitative estimate of drug-likeness (QED) is 0.560. The molecule has 6 nitrogen and oxygen atoms in total. The van der Waals surface area contributed by atoms with E-state index in [2.05, 4.69) is 15.3 Å². The van der Waals surface area contributed by atoms with Gasteiger partial charge in [0.1, 0.15) is 11.6 Å². The van der Waals surface area contributed by atoms with Crippen molar-refractivity contribution in [2.24, 2.45) is 0 Å². The largest absolute Gasteiger partial charge is 0.383 e. The molecule has 0 atom stereocenters. The molecule has 9 heteroatoms. The number of anilines is 3. The summed E-state index contributed by atoms with van der Waals surface area (Å²) in [6.45, 7) is 0. The third-order valence-electron chi connectivity index (χ3n) is 2.51. The third kappa shape index (κ3) is 4.94. The minimum Gasteiger partial charge on any atom is -0.383 e. The van der Waals surface area contributed by atoms with Crippen LogP contribution >= 0.6 is 35.0 Å². The monoisotopic (exact) mass is 357 g/mol. The van der Waals surface area contributed by atoms with Gasteiger partial charge >= 0.3 is 0 Å². The molecule has 0 radical (unpaired) electrons. The standard InChI is InChI=1S/C13H13Cl2N5OS/c14-7-1-2-8(15)9(5-7)18-12(21)3-4-22-13-19-10(16)6-11(17)20-13/h1-2,5-6H,3-4H2,(H,18,21)(H4,16,17,19,20). The number of halogens is 2. The van der Waals surface area contributed by atoms with E-state index in [4.69, 9.17) is 34.7 Å². The first-order valence-corrected chi connectivity index (χ1v) is 7.96. The number of carbonyl (C=O) groups is 1. The zero-order valence-electron chi connectivity index (χ0n) is 11.3. The van der Waals surface area contributed by atoms with Crippen LogP contribution in [0.15, 0.2) is 29.4 Å². The first-order valence-electron chi connectivity index (χ1n) is 6.22. The van der Waals surface area contributed by atoms with Crippen LogP contribution < -0.4 is 16.8 Å². The number of thioether (sulfide) groups is 1. The van der Waals surface area contributed by atoms with Crippen LogP contribution in [0.5, 0.6) is 0 Å². The van der Waals surface area contributed by atoms with Gasteiger partial charge in [-0.3, -0.25) is 4.79 Å². The second-order valence-corrected chi connectivity index (χ2v) is 6.18. The fourth-order valence-electron chi connectivity index (χ4n) is 1.57. The van der Waals surface area contributed by atoms with E-state index in [1.807, 2.05) is 0 Å². The van der Waals surface area contributed by atoms with Gasteiger partial charge in [-0.15, -0.1) is 0 Å². The lowest BCUT2D eigenvalue weighted by atomic mass is 10.3. The first-order chi connectivity index (χ1) is 10.4. The summed E-state index contributed by atoms with van der Waals surface area (Å²) < 4.78 is 0. The molecule has 0 aliphatic rings. The summed E-state index contributed by atoms with van der Waals surface area (Å²) in [6.07, 6.45) is 0.256. The highest BCUT2D eigenvalue weighted by Gasteiger charge is 2.08. The molecule has 116 valence electrons. The van der Waals surface area contributed by atoms with E-state index >= 15 is 0 Å². The Kier molecular flexibility index (Phi) is 5.70. The molecule has 0 saturated carbocycles. The number of amides is 1. The second-order valence-electron chi connectivity index (χ2n) is 4.27. The van der Waals surface area contributed by atoms with E-state index in [9.17, 15) is 4.79 Å². The lowest BCUT2D eigenvalue weighted by Crippen LogP contribution is -2.12. The van der Waals surface area contributed by atoms with Gasteiger partial charge in [-0.25, -0.2) is 9.97 Å². The molecule has 5 N–H and O–H groups in total. The van der Waals surface area contributed by atoms with Crippen molar-refractivity contribution in [3.63, 3.8) is 0 Å². The maximum Gasteiger partial charge on any atom is 0.225 e. The van der Waals surface area contributed by atoms with Gasteiger partial charge in [-0.2, -0.15) is 0 Å². The summed E-state index contributed by atoms with van der Waals surface area (Å²) in [5.41, 5.74) is 11.6. The Morgan fingerprint density at radius 1 is 1.18 bits per heavy atom. The van der Waals surface area contributed by atoms with Gasteiger partial charge in [0.2, 0.25) is 5.91 Å². The van der Waals surface area contributed by atoms with Crippen molar-refractivity contribution in [2.75, 3.05) is 22.5 Å². The molecule has 2 aromatic rings. The van der Waals surface area contributed by atoms with Gasteiger partial charge in [-0.1, -0.05) is 35.0 Å². The van der Waals surface area contributed by atoms with Crippen LogP contribution in [0, 0.1) is 0 Å². The summed E-state index contributed by atoms with van der Waals surface area (Å²) in [7, 11) is 0. The SMILES string of the molecule is Nc1cc(N)nc(SCCC(=O)Nc2cc(Cl)ccc2Cl)n1. The van der Waals surface area contributed by atoms with E-state index in [0.717, 1.165) is 0 Å². The molecular weight excluding hydrogens is 345 g/mol. The summed E-state index contributed by atoms with van der Waals surface area (Å²) >= 11 is 13.1. The Hall–Kier alpha value is -1.70. The minimum atomic E-state index is -0.187. The van der Waals surface area contributed by atoms with Crippen LogP contribution in [-0.2, 0) is 4.79 Å². The average Bonchev–Trinajstić information content (AvgIpc) is 2.42. The number of nitrogens with zero attached hydrogens (tertiary/aromatic N) is 2. The van der Waals surface area contributed by atoms with Gasteiger partial charge < -0.3 is 16.8 Å². The Bertz CT molecular complexity index is 678. The third-order valence-corrected chi connectivity index (χ3v) is 3.92. The van der Waals surface area contributed by atoms with Gasteiger partial charge in [0, 0.05) is 23.3 Å². The normalized spacial score (nSPS) is 10.5. The van der Waals surface area contributed by atoms with Crippen molar-refractivity contribution >= 4 is 58.2 Å². The lowest BCUT2D eigenvalue weighted by Gasteiger charge is -2.07. The number of nitrogens with one attached hydrogen (secondary N) is 1. The average molecular weight is 358 g/mol. The molecule has 0 spiro atoms. The molecule has 0 aliphatic carbocycles. The highest BCUT2D eigenvalue weighted by molar-refractivity contribution is 7.99. The van der Waals surface area contributed by atoms with Crippen LogP contribution in [-0.4, -0.2) is 21.6 Å². The van der Waals surface area contributed by atoms with Crippen LogP contribution in [0.4, 0.5) is 17.3 Å². The fourth-order valence-corrected chi connectivity index (χ4v) is 2.71. The number of hydrogen-bond acceptors (Lipinski definition) is 6. The molecule has 1 aromatic heterocycles. The lowest BCUT2D eigenvalue weighted by molar-refractivity contribution is -0.115. The van der Waals surface area contributed by atoms with E-state index in [1.165, 1.54) is 17.8 Å². The Labute approximate surface area is 141 Å². The van der Waals surface area contributed by atoms with Crippen molar-refractivity contribution < 1.29 is 4.79 Å². The fraction of sp³-hybridized carbons (Fsp3) is 0.154. The van der Waals surface area contributed by atoms with Crippen LogP contribution in [0.3, 0.4) is 0 Å². The topological polar surface area (TPSA) is 107 Å². The number of carbonyl (C=O) groups excluding carboxylic acids is 1. The predicted octanol–water partition coefficient (Wildman–Crippen LogP) is 3.07. The van der Waals surface area contributed by atoms with Crippen molar-refractivity contribution in [1.82, 2.24) is 9.97 Å². The van der Waals surface area contributed by atoms with Gasteiger partial charge in [-0.05, 0) is 18.2 Å². The summed E-state index contributed by atoms with van der Waals surface area (Å²) in [6, 6.07) is 6.34. The summed E-state index contributed by atoms with van der Waals surface area (Å²) in [5, 5.41) is 4.06. The highest BCUT2D eigenvalue weighted by atomic mass is 35.5. The molecule has 1 aromatic carbocycles. The summed E-state index contributed by atoms with van der Waals surface area (Å²) in [5.74, 6) is 0.885. The smallest absolute Gasteiger partial charge is 0.225 e. The molecule has 0 unspecified atom stereocenters. The molecule has 0 bridgehead atoms. The van der Waals surface area contributed by atoms with Crippen molar-refractivity contribution in [2.45, 2.75) is 11.6 Å². The number of aromatic nitrogens is 2. The zero-order valence-corrected chi connectivity index (χ0v) is 13.7. The highest BCUT2D eigenvalue weighted by Crippen LogP contribution is 2.25. The van der Waals surface area contributed by atoms with E-state index < -0.39 is 0 Å². The van der Waals surface area contributed by atoms with Gasteiger partial charge in [0.15, 0.2) is 5.16 Å². The molecule has 0 saturated heterocycles. The molecule has 0 aliphatic heterocycles. The number of nitrogens with two attached hydrogens (primary N) is 2. The first kappa shape index (κ1) is 16.7. The molecule has 22 heavy (non-hydrogen) atoms. The maximum atomic E-state index is 11.9. The van der Waals surface area contributed by atoms with Crippen molar-refractivity contribution in [1.29, 1.82) is 0 Å². The second kappa shape index (κ2) is 7.53. The van der Waals surface area contributed by atoms with Crippen molar-refractivity contribution in [3.05, 3.63) is 34.3 Å². The Balaban J connectivity index is 1.86. The van der Waals surface area contributed by atoms with Gasteiger partial charge in [0.25, 0.3) is 0 Å².